The number of likely N-dealkylation sites (N-methyl/N-ethyl adjacent to an activating group) is 1. The molecular weight excluding hydrogens is 253 g/mol. The quantitative estimate of drug-likeness (QED) is 0.471. The number of nitrogens with zero attached hydrogens (tertiary/aromatic N) is 3. The van der Waals surface area contributed by atoms with E-state index in [4.69, 9.17) is 27.9 Å². The Morgan fingerprint density at radius 1 is 1.56 bits per heavy atom. The summed E-state index contributed by atoms with van der Waals surface area (Å²) in [5.74, 6) is -0.337. The van der Waals surface area contributed by atoms with Gasteiger partial charge in [-0.05, 0) is 18.5 Å². The Morgan fingerprint density at radius 2 is 2.25 bits per heavy atom. The predicted octanol–water partition coefficient (Wildman–Crippen LogP) is 1.78. The van der Waals surface area contributed by atoms with Gasteiger partial charge < -0.3 is 9.64 Å². The monoisotopic (exact) mass is 263 g/mol. The third kappa shape index (κ3) is 3.50. The molecule has 0 N–H and O–H groups in total. The molecule has 0 bridgehead atoms. The summed E-state index contributed by atoms with van der Waals surface area (Å²) in [7, 11) is 1.69. The van der Waals surface area contributed by atoms with Crippen LogP contribution in [-0.4, -0.2) is 36.1 Å². The molecule has 0 aromatic carbocycles. The zero-order valence-electron chi connectivity index (χ0n) is 8.91. The van der Waals surface area contributed by atoms with Crippen LogP contribution < -0.4 is 4.90 Å². The van der Waals surface area contributed by atoms with Gasteiger partial charge >= 0.3 is 5.97 Å². The first-order valence-corrected chi connectivity index (χ1v) is 5.35. The number of esters is 1. The van der Waals surface area contributed by atoms with Crippen LogP contribution in [-0.2, 0) is 9.53 Å². The van der Waals surface area contributed by atoms with Crippen molar-refractivity contribution in [1.29, 1.82) is 0 Å². The number of halogens is 2. The van der Waals surface area contributed by atoms with Gasteiger partial charge in [-0.25, -0.2) is 9.97 Å². The van der Waals surface area contributed by atoms with Crippen molar-refractivity contribution in [3.8, 4) is 0 Å². The molecule has 7 heteroatoms. The molecule has 0 unspecified atom stereocenters. The Labute approximate surface area is 103 Å². The van der Waals surface area contributed by atoms with Crippen molar-refractivity contribution in [3.05, 3.63) is 16.6 Å². The number of hydrogen-bond donors (Lipinski definition) is 0. The molecule has 0 saturated heterocycles. The topological polar surface area (TPSA) is 55.3 Å². The molecule has 1 aromatic rings. The van der Waals surface area contributed by atoms with Gasteiger partial charge in [-0.1, -0.05) is 11.6 Å². The summed E-state index contributed by atoms with van der Waals surface area (Å²) in [4.78, 5) is 20.4. The zero-order valence-corrected chi connectivity index (χ0v) is 10.4. The van der Waals surface area contributed by atoms with E-state index >= 15 is 0 Å². The van der Waals surface area contributed by atoms with E-state index in [0.29, 0.717) is 12.3 Å². The summed E-state index contributed by atoms with van der Waals surface area (Å²) in [6.45, 7) is 2.17. The average molecular weight is 264 g/mol. The van der Waals surface area contributed by atoms with Crippen LogP contribution in [0.15, 0.2) is 6.20 Å². The maximum atomic E-state index is 11.2. The third-order valence-electron chi connectivity index (χ3n) is 1.78. The lowest BCUT2D eigenvalue weighted by molar-refractivity contribution is -0.141. The second-order valence-corrected chi connectivity index (χ2v) is 3.67. The van der Waals surface area contributed by atoms with Crippen molar-refractivity contribution >= 4 is 34.9 Å². The van der Waals surface area contributed by atoms with Crippen LogP contribution in [0.4, 0.5) is 5.69 Å². The van der Waals surface area contributed by atoms with Crippen molar-refractivity contribution in [2.24, 2.45) is 0 Å². The molecule has 0 atom stereocenters. The molecule has 0 saturated carbocycles. The minimum absolute atomic E-state index is 0.0679. The van der Waals surface area contributed by atoms with Gasteiger partial charge in [0.15, 0.2) is 5.15 Å². The van der Waals surface area contributed by atoms with Crippen LogP contribution in [0.25, 0.3) is 0 Å². The summed E-state index contributed by atoms with van der Waals surface area (Å²) in [6.07, 6.45) is 1.46. The molecule has 0 fully saturated rings. The Bertz CT molecular complexity index is 387. The van der Waals surface area contributed by atoms with Gasteiger partial charge in [0, 0.05) is 7.05 Å². The van der Waals surface area contributed by atoms with Crippen LogP contribution in [0.5, 0.6) is 0 Å². The summed E-state index contributed by atoms with van der Waals surface area (Å²) in [5.41, 5.74) is 0.527. The van der Waals surface area contributed by atoms with E-state index in [-0.39, 0.29) is 23.0 Å². The highest BCUT2D eigenvalue weighted by molar-refractivity contribution is 6.33. The molecular formula is C9H11Cl2N3O2. The molecule has 0 aliphatic heterocycles. The number of anilines is 1. The highest BCUT2D eigenvalue weighted by Gasteiger charge is 2.12. The van der Waals surface area contributed by atoms with Gasteiger partial charge in [0.05, 0.1) is 18.5 Å². The highest BCUT2D eigenvalue weighted by atomic mass is 35.5. The second-order valence-electron chi connectivity index (χ2n) is 2.98. The van der Waals surface area contributed by atoms with Gasteiger partial charge in [0.2, 0.25) is 5.28 Å². The number of ether oxygens (including phenoxy) is 1. The number of hydrogen-bond acceptors (Lipinski definition) is 5. The van der Waals surface area contributed by atoms with Crippen LogP contribution in [0.1, 0.15) is 6.92 Å². The summed E-state index contributed by atoms with van der Waals surface area (Å²) < 4.78 is 4.81. The Balaban J connectivity index is 2.72. The van der Waals surface area contributed by atoms with Gasteiger partial charge in [-0.2, -0.15) is 0 Å². The molecule has 1 rings (SSSR count). The van der Waals surface area contributed by atoms with Crippen molar-refractivity contribution < 1.29 is 9.53 Å². The van der Waals surface area contributed by atoms with Gasteiger partial charge in [0.1, 0.15) is 6.54 Å². The van der Waals surface area contributed by atoms with Crippen molar-refractivity contribution in [2.75, 3.05) is 25.1 Å². The fourth-order valence-corrected chi connectivity index (χ4v) is 1.53. The van der Waals surface area contributed by atoms with Crippen molar-refractivity contribution in [3.63, 3.8) is 0 Å². The molecule has 5 nitrogen and oxygen atoms in total. The molecule has 88 valence electrons. The number of carbonyl (C=O) groups excluding carboxylic acids is 1. The van der Waals surface area contributed by atoms with Crippen molar-refractivity contribution in [2.45, 2.75) is 6.92 Å². The molecule has 1 aromatic heterocycles. The van der Waals surface area contributed by atoms with Gasteiger partial charge in [-0.3, -0.25) is 4.79 Å². The van der Waals surface area contributed by atoms with E-state index in [1.807, 2.05) is 0 Å². The molecule has 0 aliphatic rings. The fourth-order valence-electron chi connectivity index (χ4n) is 1.08. The van der Waals surface area contributed by atoms with Crippen molar-refractivity contribution in [1.82, 2.24) is 9.97 Å². The van der Waals surface area contributed by atoms with E-state index in [1.54, 1.807) is 18.9 Å². The molecule has 0 amide bonds. The standard InChI is InChI=1S/C9H11Cl2N3O2/c1-3-16-7(15)5-14(2)6-4-12-9(11)13-8(6)10/h4H,3,5H2,1-2H3. The lowest BCUT2D eigenvalue weighted by atomic mass is 10.4. The Hall–Kier alpha value is -1.07. The first-order chi connectivity index (χ1) is 7.54. The fraction of sp³-hybridized carbons (Fsp3) is 0.444. The van der Waals surface area contributed by atoms with Crippen LogP contribution in [0.3, 0.4) is 0 Å². The first-order valence-electron chi connectivity index (χ1n) is 4.59. The molecule has 0 spiro atoms. The van der Waals surface area contributed by atoms with E-state index in [9.17, 15) is 4.79 Å². The van der Waals surface area contributed by atoms with Gasteiger partial charge in [0.25, 0.3) is 0 Å². The minimum atomic E-state index is -0.337. The lowest BCUT2D eigenvalue weighted by Gasteiger charge is -2.18. The van der Waals surface area contributed by atoms with E-state index < -0.39 is 0 Å². The zero-order chi connectivity index (χ0) is 12.1. The SMILES string of the molecule is CCOC(=O)CN(C)c1cnc(Cl)nc1Cl. The molecule has 16 heavy (non-hydrogen) atoms. The van der Waals surface area contributed by atoms with Crippen LogP contribution >= 0.6 is 23.2 Å². The molecule has 0 aliphatic carbocycles. The lowest BCUT2D eigenvalue weighted by Crippen LogP contribution is -2.27. The maximum Gasteiger partial charge on any atom is 0.325 e. The Kier molecular flexibility index (Phi) is 4.76. The summed E-state index contributed by atoms with van der Waals surface area (Å²) in [6, 6.07) is 0. The van der Waals surface area contributed by atoms with Crippen LogP contribution in [0.2, 0.25) is 10.4 Å². The normalized spacial score (nSPS) is 10.0. The van der Waals surface area contributed by atoms with Crippen LogP contribution in [0, 0.1) is 0 Å². The number of carbonyl (C=O) groups is 1. The molecule has 1 heterocycles. The smallest absolute Gasteiger partial charge is 0.325 e. The number of rotatable bonds is 4. The minimum Gasteiger partial charge on any atom is -0.465 e. The second kappa shape index (κ2) is 5.86. The van der Waals surface area contributed by atoms with E-state index in [2.05, 4.69) is 9.97 Å². The highest BCUT2D eigenvalue weighted by Crippen LogP contribution is 2.22. The number of aromatic nitrogens is 2. The Morgan fingerprint density at radius 3 is 2.81 bits per heavy atom. The van der Waals surface area contributed by atoms with E-state index in [0.717, 1.165) is 0 Å². The maximum absolute atomic E-state index is 11.2. The largest absolute Gasteiger partial charge is 0.465 e. The third-order valence-corrected chi connectivity index (χ3v) is 2.24. The van der Waals surface area contributed by atoms with Gasteiger partial charge in [-0.15, -0.1) is 0 Å². The summed E-state index contributed by atoms with van der Waals surface area (Å²) >= 11 is 11.4. The predicted molar refractivity (Wildman–Crippen MR) is 62.0 cm³/mol. The average Bonchev–Trinajstić information content (AvgIpc) is 2.17. The first kappa shape index (κ1) is 13.0. The molecule has 0 radical (unpaired) electrons. The van der Waals surface area contributed by atoms with E-state index in [1.165, 1.54) is 6.20 Å². The summed E-state index contributed by atoms with van der Waals surface area (Å²) in [5, 5.41) is 0.269.